The molecular formula is C35H43N5O2. The van der Waals surface area contributed by atoms with Crippen molar-refractivity contribution >= 4 is 28.5 Å². The smallest absolute Gasteiger partial charge is 0.251 e. The van der Waals surface area contributed by atoms with Crippen LogP contribution >= 0.6 is 0 Å². The number of anilines is 1. The standard InChI is InChI=1S/C35H43N5O2/c1-25(2)29-15-12-26(3)31(22-29)38-34(41)23-33-37-30-10-5-6-11-32(30)40(33)24-27-13-16-28(17-14-27)35(42)36-18-9-21-39-19-7-4-8-20-39/h5-6,10-17,22,25H,4,7-9,18-21,23-24H2,1-3H3,(H,36,42)(H,38,41). The van der Waals surface area contributed by atoms with Gasteiger partial charge in [-0.25, -0.2) is 4.98 Å². The SMILES string of the molecule is Cc1ccc(C(C)C)cc1NC(=O)Cc1nc2ccccc2n1Cc1ccc(C(=O)NCCCN2CCCCC2)cc1. The zero-order valence-corrected chi connectivity index (χ0v) is 25.2. The van der Waals surface area contributed by atoms with Crippen LogP contribution in [-0.4, -0.2) is 52.4 Å². The molecule has 1 fully saturated rings. The van der Waals surface area contributed by atoms with E-state index >= 15 is 0 Å². The van der Waals surface area contributed by atoms with Crippen LogP contribution in [0, 0.1) is 6.92 Å². The largest absolute Gasteiger partial charge is 0.352 e. The number of fused-ring (bicyclic) bond motifs is 1. The Balaban J connectivity index is 1.23. The molecule has 1 saturated heterocycles. The molecular weight excluding hydrogens is 522 g/mol. The van der Waals surface area contributed by atoms with Crippen LogP contribution in [0.15, 0.2) is 66.7 Å². The summed E-state index contributed by atoms with van der Waals surface area (Å²) in [5.74, 6) is 0.958. The summed E-state index contributed by atoms with van der Waals surface area (Å²) in [5.41, 5.74) is 6.61. The summed E-state index contributed by atoms with van der Waals surface area (Å²) in [6.45, 7) is 11.0. The van der Waals surface area contributed by atoms with E-state index < -0.39 is 0 Å². The van der Waals surface area contributed by atoms with Crippen molar-refractivity contribution in [3.63, 3.8) is 0 Å². The van der Waals surface area contributed by atoms with Crippen LogP contribution in [0.2, 0.25) is 0 Å². The molecule has 1 aromatic heterocycles. The first-order chi connectivity index (χ1) is 20.4. The molecule has 220 valence electrons. The molecule has 2 heterocycles. The average molecular weight is 566 g/mol. The molecule has 7 nitrogen and oxygen atoms in total. The summed E-state index contributed by atoms with van der Waals surface area (Å²) in [6, 6.07) is 21.9. The van der Waals surface area contributed by atoms with E-state index in [0.717, 1.165) is 40.8 Å². The number of nitrogens with zero attached hydrogens (tertiary/aromatic N) is 3. The zero-order valence-electron chi connectivity index (χ0n) is 25.2. The Labute approximate surface area is 249 Å². The third-order valence-corrected chi connectivity index (χ3v) is 8.20. The topological polar surface area (TPSA) is 79.3 Å². The van der Waals surface area contributed by atoms with Gasteiger partial charge in [-0.05, 0) is 98.8 Å². The number of aromatic nitrogens is 2. The number of aryl methyl sites for hydroxylation is 1. The van der Waals surface area contributed by atoms with Crippen LogP contribution in [0.4, 0.5) is 5.69 Å². The van der Waals surface area contributed by atoms with Gasteiger partial charge in [0.15, 0.2) is 0 Å². The fraction of sp³-hybridized carbons (Fsp3) is 0.400. The Morgan fingerprint density at radius 2 is 1.71 bits per heavy atom. The third-order valence-electron chi connectivity index (χ3n) is 8.20. The number of piperidine rings is 1. The van der Waals surface area contributed by atoms with Gasteiger partial charge in [-0.1, -0.05) is 56.7 Å². The molecule has 7 heteroatoms. The zero-order chi connectivity index (χ0) is 29.5. The Hall–Kier alpha value is -3.97. The van der Waals surface area contributed by atoms with E-state index in [9.17, 15) is 9.59 Å². The van der Waals surface area contributed by atoms with E-state index in [1.807, 2.05) is 55.5 Å². The first kappa shape index (κ1) is 29.5. The lowest BCUT2D eigenvalue weighted by Gasteiger charge is -2.26. The normalized spacial score (nSPS) is 13.9. The van der Waals surface area contributed by atoms with Crippen molar-refractivity contribution in [3.05, 3.63) is 94.8 Å². The van der Waals surface area contributed by atoms with Crippen LogP contribution in [0.3, 0.4) is 0 Å². The molecule has 4 aromatic rings. The number of benzene rings is 3. The van der Waals surface area contributed by atoms with Gasteiger partial charge in [0.25, 0.3) is 5.91 Å². The summed E-state index contributed by atoms with van der Waals surface area (Å²) >= 11 is 0. The van der Waals surface area contributed by atoms with Gasteiger partial charge in [0.1, 0.15) is 5.82 Å². The molecule has 0 unspecified atom stereocenters. The number of carbonyl (C=O) groups excluding carboxylic acids is 2. The minimum Gasteiger partial charge on any atom is -0.352 e. The van der Waals surface area contributed by atoms with Crippen molar-refractivity contribution in [1.82, 2.24) is 19.8 Å². The van der Waals surface area contributed by atoms with Gasteiger partial charge in [-0.2, -0.15) is 0 Å². The summed E-state index contributed by atoms with van der Waals surface area (Å²) in [7, 11) is 0. The highest BCUT2D eigenvalue weighted by Crippen LogP contribution is 2.23. The van der Waals surface area contributed by atoms with Crippen molar-refractivity contribution in [3.8, 4) is 0 Å². The first-order valence-electron chi connectivity index (χ1n) is 15.3. The molecule has 0 saturated carbocycles. The van der Waals surface area contributed by atoms with Crippen molar-refractivity contribution in [1.29, 1.82) is 0 Å². The molecule has 5 rings (SSSR count). The fourth-order valence-electron chi connectivity index (χ4n) is 5.64. The maximum atomic E-state index is 13.2. The highest BCUT2D eigenvalue weighted by molar-refractivity contribution is 5.94. The Morgan fingerprint density at radius 3 is 2.48 bits per heavy atom. The van der Waals surface area contributed by atoms with Gasteiger partial charge in [0, 0.05) is 24.3 Å². The van der Waals surface area contributed by atoms with Gasteiger partial charge in [0.2, 0.25) is 5.91 Å². The molecule has 3 aromatic carbocycles. The number of likely N-dealkylation sites (tertiary alicyclic amines) is 1. The van der Waals surface area contributed by atoms with E-state index in [1.54, 1.807) is 0 Å². The summed E-state index contributed by atoms with van der Waals surface area (Å²) in [6.07, 6.45) is 5.04. The van der Waals surface area contributed by atoms with E-state index in [4.69, 9.17) is 4.98 Å². The van der Waals surface area contributed by atoms with Crippen LogP contribution in [0.1, 0.15) is 78.3 Å². The highest BCUT2D eigenvalue weighted by atomic mass is 16.2. The second kappa shape index (κ2) is 13.8. The van der Waals surface area contributed by atoms with Gasteiger partial charge in [0.05, 0.1) is 17.5 Å². The molecule has 0 spiro atoms. The van der Waals surface area contributed by atoms with Crippen LogP contribution < -0.4 is 10.6 Å². The fourth-order valence-corrected chi connectivity index (χ4v) is 5.64. The molecule has 42 heavy (non-hydrogen) atoms. The van der Waals surface area contributed by atoms with Crippen LogP contribution in [0.5, 0.6) is 0 Å². The molecule has 0 atom stereocenters. The lowest BCUT2D eigenvalue weighted by atomic mass is 10.0. The van der Waals surface area contributed by atoms with Crippen LogP contribution in [0.25, 0.3) is 11.0 Å². The summed E-state index contributed by atoms with van der Waals surface area (Å²) in [5, 5.41) is 6.18. The second-order valence-corrected chi connectivity index (χ2v) is 11.8. The molecule has 2 N–H and O–H groups in total. The molecule has 0 bridgehead atoms. The van der Waals surface area contributed by atoms with Gasteiger partial charge in [-0.15, -0.1) is 0 Å². The highest BCUT2D eigenvalue weighted by Gasteiger charge is 2.16. The van der Waals surface area contributed by atoms with E-state index in [-0.39, 0.29) is 18.2 Å². The lowest BCUT2D eigenvalue weighted by molar-refractivity contribution is -0.115. The summed E-state index contributed by atoms with van der Waals surface area (Å²) in [4.78, 5) is 33.2. The number of carbonyl (C=O) groups is 2. The van der Waals surface area contributed by atoms with E-state index in [2.05, 4.69) is 52.1 Å². The molecule has 2 amide bonds. The van der Waals surface area contributed by atoms with E-state index in [1.165, 1.54) is 37.9 Å². The maximum Gasteiger partial charge on any atom is 0.251 e. The minimum atomic E-state index is -0.0946. The van der Waals surface area contributed by atoms with Crippen molar-refractivity contribution in [2.75, 3.05) is 31.5 Å². The predicted molar refractivity (Wildman–Crippen MR) is 170 cm³/mol. The molecule has 0 aliphatic carbocycles. The molecule has 1 aliphatic heterocycles. The number of para-hydroxylation sites is 2. The Bertz CT molecular complexity index is 1520. The monoisotopic (exact) mass is 565 g/mol. The van der Waals surface area contributed by atoms with E-state index in [0.29, 0.717) is 30.4 Å². The number of rotatable bonds is 11. The van der Waals surface area contributed by atoms with Gasteiger partial charge >= 0.3 is 0 Å². The Kier molecular flexibility index (Phi) is 9.70. The molecule has 0 radical (unpaired) electrons. The number of amides is 2. The summed E-state index contributed by atoms with van der Waals surface area (Å²) < 4.78 is 2.10. The first-order valence-corrected chi connectivity index (χ1v) is 15.3. The Morgan fingerprint density at radius 1 is 0.952 bits per heavy atom. The third kappa shape index (κ3) is 7.45. The van der Waals surface area contributed by atoms with Crippen molar-refractivity contribution < 1.29 is 9.59 Å². The van der Waals surface area contributed by atoms with Crippen molar-refractivity contribution in [2.24, 2.45) is 0 Å². The number of hydrogen-bond acceptors (Lipinski definition) is 4. The number of nitrogens with one attached hydrogen (secondary N) is 2. The van der Waals surface area contributed by atoms with Gasteiger partial charge in [-0.3, -0.25) is 9.59 Å². The van der Waals surface area contributed by atoms with Crippen LogP contribution in [-0.2, 0) is 17.8 Å². The predicted octanol–water partition coefficient (Wildman–Crippen LogP) is 6.30. The van der Waals surface area contributed by atoms with Gasteiger partial charge < -0.3 is 20.1 Å². The minimum absolute atomic E-state index is 0.0394. The second-order valence-electron chi connectivity index (χ2n) is 11.8. The quantitative estimate of drug-likeness (QED) is 0.209. The number of hydrogen-bond donors (Lipinski definition) is 2. The maximum absolute atomic E-state index is 13.2. The number of imidazole rings is 1. The van der Waals surface area contributed by atoms with Crippen molar-refractivity contribution in [2.45, 2.75) is 65.3 Å². The lowest BCUT2D eigenvalue weighted by Crippen LogP contribution is -2.33. The average Bonchev–Trinajstić information content (AvgIpc) is 3.33. The molecule has 1 aliphatic rings.